The third-order valence-corrected chi connectivity index (χ3v) is 1.39. The third kappa shape index (κ3) is 4.61. The Hall–Kier alpha value is -1.34. The zero-order chi connectivity index (χ0) is 11.3. The molecule has 0 amide bonds. The molecule has 0 saturated heterocycles. The summed E-state index contributed by atoms with van der Waals surface area (Å²) in [6.07, 6.45) is -1.69. The van der Waals surface area contributed by atoms with Crippen molar-refractivity contribution in [3.05, 3.63) is 18.5 Å². The summed E-state index contributed by atoms with van der Waals surface area (Å²) < 4.78 is 39.9. The van der Waals surface area contributed by atoms with Crippen LogP contribution in [0.5, 0.6) is 5.75 Å². The van der Waals surface area contributed by atoms with Gasteiger partial charge in [0.05, 0.1) is 19.5 Å². The molecular weight excluding hydrogens is 213 g/mol. The van der Waals surface area contributed by atoms with Crippen molar-refractivity contribution in [1.82, 2.24) is 4.98 Å². The van der Waals surface area contributed by atoms with Gasteiger partial charge in [0, 0.05) is 6.07 Å². The van der Waals surface area contributed by atoms with Crippen LogP contribution >= 0.6 is 0 Å². The molecule has 4 nitrogen and oxygen atoms in total. The number of hydrogen-bond donors (Lipinski definition) is 1. The molecule has 0 aromatic carbocycles. The molecule has 0 aliphatic rings. The number of rotatable bonds is 4. The summed E-state index contributed by atoms with van der Waals surface area (Å²) in [5, 5.41) is 0. The molecule has 0 atom stereocenters. The SMILES string of the molecule is CO[NH2+]c1cncc(OCC(F)(F)F)c1. The molecule has 0 bridgehead atoms. The maximum absolute atomic E-state index is 11.8. The van der Waals surface area contributed by atoms with Gasteiger partial charge in [-0.15, -0.1) is 0 Å². The van der Waals surface area contributed by atoms with Crippen molar-refractivity contribution in [3.8, 4) is 5.75 Å². The van der Waals surface area contributed by atoms with Gasteiger partial charge in [-0.1, -0.05) is 0 Å². The van der Waals surface area contributed by atoms with Gasteiger partial charge in [-0.2, -0.15) is 18.7 Å². The normalized spacial score (nSPS) is 11.5. The van der Waals surface area contributed by atoms with Crippen LogP contribution in [0.1, 0.15) is 0 Å². The Morgan fingerprint density at radius 1 is 1.40 bits per heavy atom. The van der Waals surface area contributed by atoms with Crippen LogP contribution in [0.15, 0.2) is 18.5 Å². The minimum Gasteiger partial charge on any atom is -0.482 e. The Kier molecular flexibility index (Phi) is 3.87. The highest BCUT2D eigenvalue weighted by molar-refractivity contribution is 5.32. The van der Waals surface area contributed by atoms with E-state index in [0.717, 1.165) is 0 Å². The molecule has 1 rings (SSSR count). The average Bonchev–Trinajstić information content (AvgIpc) is 2.15. The van der Waals surface area contributed by atoms with E-state index in [1.165, 1.54) is 31.0 Å². The van der Waals surface area contributed by atoms with Crippen LogP contribution in [0.4, 0.5) is 18.9 Å². The van der Waals surface area contributed by atoms with E-state index in [-0.39, 0.29) is 5.75 Å². The van der Waals surface area contributed by atoms with Gasteiger partial charge in [0.15, 0.2) is 12.3 Å². The minimum atomic E-state index is -4.35. The predicted octanol–water partition coefficient (Wildman–Crippen LogP) is 0.779. The Morgan fingerprint density at radius 3 is 2.73 bits per heavy atom. The number of nitrogens with two attached hydrogens (primary N) is 1. The van der Waals surface area contributed by atoms with Crippen LogP contribution in [-0.4, -0.2) is 24.9 Å². The second kappa shape index (κ2) is 4.94. The molecule has 0 radical (unpaired) electrons. The fraction of sp³-hybridized carbons (Fsp3) is 0.375. The maximum atomic E-state index is 11.8. The first-order valence-electron chi connectivity index (χ1n) is 4.02. The number of ether oxygens (including phenoxy) is 1. The third-order valence-electron chi connectivity index (χ3n) is 1.39. The van der Waals surface area contributed by atoms with E-state index in [2.05, 4.69) is 14.6 Å². The van der Waals surface area contributed by atoms with Crippen molar-refractivity contribution in [2.45, 2.75) is 6.18 Å². The Morgan fingerprint density at radius 2 is 2.13 bits per heavy atom. The zero-order valence-electron chi connectivity index (χ0n) is 7.91. The van der Waals surface area contributed by atoms with E-state index >= 15 is 0 Å². The fourth-order valence-electron chi connectivity index (χ4n) is 0.880. The number of quaternary nitrogens is 1. The van der Waals surface area contributed by atoms with Crippen LogP contribution in [-0.2, 0) is 4.84 Å². The molecule has 0 aliphatic carbocycles. The van der Waals surface area contributed by atoms with Crippen LogP contribution in [0.3, 0.4) is 0 Å². The van der Waals surface area contributed by atoms with Crippen molar-refractivity contribution in [3.63, 3.8) is 0 Å². The molecule has 1 aromatic rings. The summed E-state index contributed by atoms with van der Waals surface area (Å²) >= 11 is 0. The first kappa shape index (κ1) is 11.7. The summed E-state index contributed by atoms with van der Waals surface area (Å²) in [7, 11) is 1.43. The van der Waals surface area contributed by atoms with Crippen LogP contribution in [0.25, 0.3) is 0 Å². The van der Waals surface area contributed by atoms with Crippen molar-refractivity contribution in [1.29, 1.82) is 0 Å². The minimum absolute atomic E-state index is 0.0538. The van der Waals surface area contributed by atoms with Crippen molar-refractivity contribution in [2.75, 3.05) is 13.7 Å². The van der Waals surface area contributed by atoms with Gasteiger partial charge in [-0.3, -0.25) is 4.98 Å². The number of hydrogen-bond acceptors (Lipinski definition) is 3. The van der Waals surface area contributed by atoms with Crippen molar-refractivity contribution in [2.24, 2.45) is 0 Å². The topological polar surface area (TPSA) is 48.0 Å². The number of alkyl halides is 3. The predicted molar refractivity (Wildman–Crippen MR) is 44.4 cm³/mol. The number of aromatic nitrogens is 1. The highest BCUT2D eigenvalue weighted by atomic mass is 19.4. The van der Waals surface area contributed by atoms with Crippen LogP contribution < -0.4 is 10.2 Å². The highest BCUT2D eigenvalue weighted by Crippen LogP contribution is 2.18. The molecule has 1 aromatic heterocycles. The van der Waals surface area contributed by atoms with E-state index in [1.54, 1.807) is 0 Å². The number of pyridine rings is 1. The molecular formula is C8H10F3N2O2+. The Balaban J connectivity index is 2.57. The van der Waals surface area contributed by atoms with E-state index in [1.807, 2.05) is 0 Å². The second-order valence-corrected chi connectivity index (χ2v) is 2.71. The first-order chi connectivity index (χ1) is 7.01. The number of nitrogens with zero attached hydrogens (tertiary/aromatic N) is 1. The van der Waals surface area contributed by atoms with E-state index in [4.69, 9.17) is 0 Å². The summed E-state index contributed by atoms with van der Waals surface area (Å²) in [6.45, 7) is -1.33. The van der Waals surface area contributed by atoms with Crippen molar-refractivity contribution >= 4 is 5.69 Å². The molecule has 0 fully saturated rings. The van der Waals surface area contributed by atoms with E-state index < -0.39 is 12.8 Å². The lowest BCUT2D eigenvalue weighted by Gasteiger charge is -2.08. The van der Waals surface area contributed by atoms with Crippen LogP contribution in [0.2, 0.25) is 0 Å². The number of halogens is 3. The molecule has 2 N–H and O–H groups in total. The molecule has 1 heterocycles. The Bertz CT molecular complexity index is 317. The maximum Gasteiger partial charge on any atom is 0.422 e. The summed E-state index contributed by atoms with van der Waals surface area (Å²) in [5.74, 6) is 0.0538. The van der Waals surface area contributed by atoms with Crippen molar-refractivity contribution < 1.29 is 28.2 Å². The quantitative estimate of drug-likeness (QED) is 0.767. The fourth-order valence-corrected chi connectivity index (χ4v) is 0.880. The van der Waals surface area contributed by atoms with Gasteiger partial charge in [-0.05, 0) is 0 Å². The molecule has 0 aliphatic heterocycles. The Labute approximate surface area is 84.0 Å². The molecule has 0 unspecified atom stereocenters. The van der Waals surface area contributed by atoms with E-state index in [9.17, 15) is 13.2 Å². The van der Waals surface area contributed by atoms with Gasteiger partial charge in [0.1, 0.15) is 5.75 Å². The largest absolute Gasteiger partial charge is 0.482 e. The van der Waals surface area contributed by atoms with Gasteiger partial charge >= 0.3 is 6.18 Å². The molecule has 7 heteroatoms. The molecule has 0 spiro atoms. The van der Waals surface area contributed by atoms with Crippen LogP contribution in [0, 0.1) is 0 Å². The lowest BCUT2D eigenvalue weighted by molar-refractivity contribution is -0.830. The summed E-state index contributed by atoms with van der Waals surface area (Å²) in [4.78, 5) is 8.39. The molecule has 0 saturated carbocycles. The average molecular weight is 223 g/mol. The van der Waals surface area contributed by atoms with E-state index in [0.29, 0.717) is 5.69 Å². The van der Waals surface area contributed by atoms with Gasteiger partial charge in [0.2, 0.25) is 0 Å². The second-order valence-electron chi connectivity index (χ2n) is 2.71. The standard InChI is InChI=1S/C8H9F3N2O2/c1-14-13-6-2-7(4-12-3-6)15-5-8(9,10)11/h2-4,13H,5H2,1H3/p+1. The monoisotopic (exact) mass is 223 g/mol. The lowest BCUT2D eigenvalue weighted by Crippen LogP contribution is -2.75. The highest BCUT2D eigenvalue weighted by Gasteiger charge is 2.28. The zero-order valence-corrected chi connectivity index (χ0v) is 7.91. The van der Waals surface area contributed by atoms with Gasteiger partial charge in [-0.25, -0.2) is 4.84 Å². The van der Waals surface area contributed by atoms with Gasteiger partial charge in [0.25, 0.3) is 0 Å². The van der Waals surface area contributed by atoms with Gasteiger partial charge < -0.3 is 4.74 Å². The molecule has 15 heavy (non-hydrogen) atoms. The lowest BCUT2D eigenvalue weighted by atomic mass is 10.4. The molecule has 84 valence electrons. The summed E-state index contributed by atoms with van der Waals surface area (Å²) in [6, 6.07) is 1.40. The summed E-state index contributed by atoms with van der Waals surface area (Å²) in [5.41, 5.74) is 1.89. The first-order valence-corrected chi connectivity index (χ1v) is 4.02. The smallest absolute Gasteiger partial charge is 0.422 e.